The first-order valence-corrected chi connectivity index (χ1v) is 9.41. The molecule has 0 aliphatic heterocycles. The minimum atomic E-state index is -4.75. The highest BCUT2D eigenvalue weighted by molar-refractivity contribution is 7.14. The maximum absolute atomic E-state index is 12.8. The lowest BCUT2D eigenvalue weighted by atomic mass is 10.3. The number of anilines is 2. The second kappa shape index (κ2) is 9.44. The van der Waals surface area contributed by atoms with Crippen LogP contribution in [0.1, 0.15) is 10.5 Å². The minimum absolute atomic E-state index is 0.182. The summed E-state index contributed by atoms with van der Waals surface area (Å²) in [6.07, 6.45) is -4.75. The molecule has 2 aromatic carbocycles. The van der Waals surface area contributed by atoms with E-state index >= 15 is 0 Å². The molecule has 0 spiro atoms. The molecule has 0 aliphatic carbocycles. The van der Waals surface area contributed by atoms with E-state index in [9.17, 15) is 22.4 Å². The predicted octanol–water partition coefficient (Wildman–Crippen LogP) is 4.73. The Kier molecular flexibility index (Phi) is 6.72. The number of nitrogens with one attached hydrogen (secondary N) is 2. The number of hydrogen-bond donors (Lipinski definition) is 2. The summed E-state index contributed by atoms with van der Waals surface area (Å²) in [4.78, 5) is 16.3. The molecule has 158 valence electrons. The topological polar surface area (TPSA) is 72.5 Å². The number of carbonyl (C=O) groups is 1. The van der Waals surface area contributed by atoms with Crippen LogP contribution in [0.3, 0.4) is 0 Å². The van der Waals surface area contributed by atoms with E-state index in [2.05, 4.69) is 20.4 Å². The van der Waals surface area contributed by atoms with Crippen LogP contribution in [0.5, 0.6) is 11.5 Å². The van der Waals surface area contributed by atoms with Crippen LogP contribution in [0.2, 0.25) is 0 Å². The van der Waals surface area contributed by atoms with Gasteiger partial charge in [0.1, 0.15) is 29.6 Å². The number of aromatic nitrogens is 1. The fraction of sp³-hybridized carbons (Fsp3) is 0.158. The summed E-state index contributed by atoms with van der Waals surface area (Å²) in [5, 5.41) is 7.48. The summed E-state index contributed by atoms with van der Waals surface area (Å²) < 4.78 is 58.5. The predicted molar refractivity (Wildman–Crippen MR) is 103 cm³/mol. The molecular formula is C19H15F4N3O3S. The second-order valence-electron chi connectivity index (χ2n) is 5.79. The van der Waals surface area contributed by atoms with E-state index in [-0.39, 0.29) is 30.4 Å². The lowest BCUT2D eigenvalue weighted by Crippen LogP contribution is -2.28. The normalized spacial score (nSPS) is 11.1. The standard InChI is InChI=1S/C19H15F4N3O3S/c20-12-1-5-14(6-2-12)28-10-9-24-17(27)16-11-30-18(26-16)25-13-3-7-15(8-4-13)29-19(21,22)23/h1-8,11H,9-10H2,(H,24,27)(H,25,26). The largest absolute Gasteiger partial charge is 0.573 e. The maximum atomic E-state index is 12.8. The van der Waals surface area contributed by atoms with Crippen LogP contribution in [0.15, 0.2) is 53.9 Å². The Morgan fingerprint density at radius 2 is 1.70 bits per heavy atom. The van der Waals surface area contributed by atoms with E-state index < -0.39 is 12.3 Å². The van der Waals surface area contributed by atoms with E-state index in [0.717, 1.165) is 23.5 Å². The van der Waals surface area contributed by atoms with E-state index in [1.54, 1.807) is 5.38 Å². The van der Waals surface area contributed by atoms with Crippen LogP contribution in [0.25, 0.3) is 0 Å². The first-order chi connectivity index (χ1) is 14.3. The van der Waals surface area contributed by atoms with E-state index in [1.165, 1.54) is 36.4 Å². The zero-order valence-corrected chi connectivity index (χ0v) is 16.0. The fourth-order valence-electron chi connectivity index (χ4n) is 2.25. The quantitative estimate of drug-likeness (QED) is 0.391. The highest BCUT2D eigenvalue weighted by Crippen LogP contribution is 2.26. The zero-order chi connectivity index (χ0) is 21.6. The molecule has 1 heterocycles. The Morgan fingerprint density at radius 3 is 2.37 bits per heavy atom. The summed E-state index contributed by atoms with van der Waals surface area (Å²) >= 11 is 1.16. The minimum Gasteiger partial charge on any atom is -0.492 e. The van der Waals surface area contributed by atoms with Crippen LogP contribution >= 0.6 is 11.3 Å². The van der Waals surface area contributed by atoms with Crippen LogP contribution < -0.4 is 20.1 Å². The van der Waals surface area contributed by atoms with Crippen LogP contribution in [0.4, 0.5) is 28.4 Å². The number of amides is 1. The molecule has 0 radical (unpaired) electrons. The Balaban J connectivity index is 1.45. The highest BCUT2D eigenvalue weighted by atomic mass is 32.1. The molecule has 1 amide bonds. The van der Waals surface area contributed by atoms with Gasteiger partial charge >= 0.3 is 6.36 Å². The smallest absolute Gasteiger partial charge is 0.492 e. The molecule has 11 heteroatoms. The van der Waals surface area contributed by atoms with Gasteiger partial charge < -0.3 is 20.1 Å². The van der Waals surface area contributed by atoms with Crippen molar-refractivity contribution in [2.45, 2.75) is 6.36 Å². The number of hydrogen-bond acceptors (Lipinski definition) is 6. The average Bonchev–Trinajstić information content (AvgIpc) is 3.15. The van der Waals surface area contributed by atoms with Crippen LogP contribution in [0, 0.1) is 5.82 Å². The molecular weight excluding hydrogens is 426 g/mol. The van der Waals surface area contributed by atoms with E-state index in [0.29, 0.717) is 16.6 Å². The number of benzene rings is 2. The van der Waals surface area contributed by atoms with Gasteiger partial charge in [-0.2, -0.15) is 0 Å². The van der Waals surface area contributed by atoms with Gasteiger partial charge in [-0.05, 0) is 48.5 Å². The van der Waals surface area contributed by atoms with Gasteiger partial charge in [0.25, 0.3) is 5.91 Å². The van der Waals surface area contributed by atoms with Crippen molar-refractivity contribution in [3.05, 3.63) is 65.4 Å². The van der Waals surface area contributed by atoms with Gasteiger partial charge in [-0.1, -0.05) is 0 Å². The summed E-state index contributed by atoms with van der Waals surface area (Å²) in [5.74, 6) is -0.627. The third kappa shape index (κ3) is 6.62. The van der Waals surface area contributed by atoms with Crippen molar-refractivity contribution >= 4 is 28.1 Å². The van der Waals surface area contributed by atoms with Crippen molar-refractivity contribution < 1.29 is 31.8 Å². The number of halogens is 4. The van der Waals surface area contributed by atoms with Gasteiger partial charge in [-0.25, -0.2) is 9.37 Å². The van der Waals surface area contributed by atoms with Gasteiger partial charge in [0.15, 0.2) is 5.13 Å². The second-order valence-corrected chi connectivity index (χ2v) is 6.65. The molecule has 3 aromatic rings. The molecule has 2 N–H and O–H groups in total. The molecule has 0 saturated heterocycles. The lowest BCUT2D eigenvalue weighted by molar-refractivity contribution is -0.274. The van der Waals surface area contributed by atoms with Crippen molar-refractivity contribution in [1.29, 1.82) is 0 Å². The Labute approximate surface area is 172 Å². The van der Waals surface area contributed by atoms with E-state index in [4.69, 9.17) is 4.74 Å². The fourth-order valence-corrected chi connectivity index (χ4v) is 2.96. The number of nitrogens with zero attached hydrogens (tertiary/aromatic N) is 1. The monoisotopic (exact) mass is 441 g/mol. The molecule has 6 nitrogen and oxygen atoms in total. The number of alkyl halides is 3. The number of thiazole rings is 1. The first kappa shape index (κ1) is 21.4. The molecule has 0 bridgehead atoms. The molecule has 0 fully saturated rings. The Bertz CT molecular complexity index is 976. The van der Waals surface area contributed by atoms with Gasteiger partial charge in [0.2, 0.25) is 0 Å². The SMILES string of the molecule is O=C(NCCOc1ccc(F)cc1)c1csc(Nc2ccc(OC(F)(F)F)cc2)n1. The van der Waals surface area contributed by atoms with Crippen molar-refractivity contribution in [2.75, 3.05) is 18.5 Å². The van der Waals surface area contributed by atoms with E-state index in [1.807, 2.05) is 0 Å². The summed E-state index contributed by atoms with van der Waals surface area (Å²) in [6, 6.07) is 10.6. The zero-order valence-electron chi connectivity index (χ0n) is 15.2. The lowest BCUT2D eigenvalue weighted by Gasteiger charge is -2.09. The highest BCUT2D eigenvalue weighted by Gasteiger charge is 2.30. The molecule has 0 atom stereocenters. The third-order valence-corrected chi connectivity index (χ3v) is 4.30. The van der Waals surface area contributed by atoms with Gasteiger partial charge in [0, 0.05) is 11.1 Å². The van der Waals surface area contributed by atoms with Crippen molar-refractivity contribution in [2.24, 2.45) is 0 Å². The third-order valence-electron chi connectivity index (χ3n) is 3.55. The first-order valence-electron chi connectivity index (χ1n) is 8.53. The molecule has 1 aromatic heterocycles. The molecule has 0 aliphatic rings. The maximum Gasteiger partial charge on any atom is 0.573 e. The molecule has 0 saturated carbocycles. The molecule has 3 rings (SSSR count). The van der Waals surface area contributed by atoms with Gasteiger partial charge in [-0.15, -0.1) is 24.5 Å². The van der Waals surface area contributed by atoms with Crippen molar-refractivity contribution in [3.8, 4) is 11.5 Å². The Hall–Kier alpha value is -3.34. The van der Waals surface area contributed by atoms with Crippen molar-refractivity contribution in [3.63, 3.8) is 0 Å². The molecule has 30 heavy (non-hydrogen) atoms. The number of rotatable bonds is 8. The molecule has 0 unspecified atom stereocenters. The number of ether oxygens (including phenoxy) is 2. The summed E-state index contributed by atoms with van der Waals surface area (Å²) in [6.45, 7) is 0.413. The van der Waals surface area contributed by atoms with Crippen LogP contribution in [-0.4, -0.2) is 30.4 Å². The number of carbonyl (C=O) groups excluding carboxylic acids is 1. The van der Waals surface area contributed by atoms with Gasteiger partial charge in [-0.3, -0.25) is 4.79 Å². The Morgan fingerprint density at radius 1 is 1.03 bits per heavy atom. The summed E-state index contributed by atoms with van der Waals surface area (Å²) in [5.41, 5.74) is 0.667. The van der Waals surface area contributed by atoms with Crippen LogP contribution in [-0.2, 0) is 0 Å². The van der Waals surface area contributed by atoms with Crippen molar-refractivity contribution in [1.82, 2.24) is 10.3 Å². The summed E-state index contributed by atoms with van der Waals surface area (Å²) in [7, 11) is 0. The average molecular weight is 441 g/mol. The van der Waals surface area contributed by atoms with Gasteiger partial charge in [0.05, 0.1) is 6.54 Å².